The molecule has 0 saturated carbocycles. The number of hydrogen-bond donors (Lipinski definition) is 1. The molecular formula is C14H18ClNO. The largest absolute Gasteiger partial charge is 0.461 e. The molecule has 2 aromatic rings. The number of nitrogens with one attached hydrogen (secondary N) is 1. The molecule has 1 heterocycles. The Labute approximate surface area is 107 Å². The first-order valence-corrected chi connectivity index (χ1v) is 6.48. The first-order chi connectivity index (χ1) is 8.20. The van der Waals surface area contributed by atoms with Gasteiger partial charge in [0.2, 0.25) is 0 Å². The van der Waals surface area contributed by atoms with E-state index in [0.717, 1.165) is 41.3 Å². The van der Waals surface area contributed by atoms with Gasteiger partial charge in [-0.1, -0.05) is 25.4 Å². The Morgan fingerprint density at radius 2 is 2.18 bits per heavy atom. The Morgan fingerprint density at radius 3 is 2.94 bits per heavy atom. The molecule has 92 valence electrons. The zero-order valence-corrected chi connectivity index (χ0v) is 11.1. The van der Waals surface area contributed by atoms with Crippen molar-refractivity contribution in [3.05, 3.63) is 35.0 Å². The van der Waals surface area contributed by atoms with E-state index in [1.54, 1.807) is 0 Å². The molecule has 1 unspecified atom stereocenters. The van der Waals surface area contributed by atoms with Gasteiger partial charge in [0.05, 0.1) is 0 Å². The van der Waals surface area contributed by atoms with Crippen molar-refractivity contribution >= 4 is 22.6 Å². The zero-order valence-electron chi connectivity index (χ0n) is 10.3. The minimum absolute atomic E-state index is 0.431. The van der Waals surface area contributed by atoms with Gasteiger partial charge in [-0.15, -0.1) is 0 Å². The Balaban J connectivity index is 2.12. The van der Waals surface area contributed by atoms with E-state index in [2.05, 4.69) is 25.2 Å². The van der Waals surface area contributed by atoms with Crippen LogP contribution in [0.25, 0.3) is 11.0 Å². The lowest BCUT2D eigenvalue weighted by Gasteiger charge is -2.07. The van der Waals surface area contributed by atoms with Crippen molar-refractivity contribution in [1.82, 2.24) is 5.32 Å². The predicted octanol–water partition coefficient (Wildman–Crippen LogP) is 4.19. The van der Waals surface area contributed by atoms with Gasteiger partial charge in [-0.2, -0.15) is 0 Å². The van der Waals surface area contributed by atoms with Crippen LogP contribution in [0.2, 0.25) is 5.02 Å². The monoisotopic (exact) mass is 251 g/mol. The zero-order chi connectivity index (χ0) is 12.3. The second-order valence-electron chi connectivity index (χ2n) is 4.37. The number of hydrogen-bond acceptors (Lipinski definition) is 2. The van der Waals surface area contributed by atoms with Gasteiger partial charge in [0.1, 0.15) is 11.3 Å². The third-order valence-corrected chi connectivity index (χ3v) is 3.22. The summed E-state index contributed by atoms with van der Waals surface area (Å²) < 4.78 is 5.83. The van der Waals surface area contributed by atoms with Crippen LogP contribution in [-0.2, 0) is 0 Å². The van der Waals surface area contributed by atoms with E-state index in [-0.39, 0.29) is 0 Å². The molecule has 2 rings (SSSR count). The Morgan fingerprint density at radius 1 is 1.35 bits per heavy atom. The van der Waals surface area contributed by atoms with E-state index in [9.17, 15) is 0 Å². The molecule has 1 aromatic carbocycles. The summed E-state index contributed by atoms with van der Waals surface area (Å²) in [4.78, 5) is 0. The van der Waals surface area contributed by atoms with Crippen LogP contribution in [0.1, 0.15) is 31.9 Å². The summed E-state index contributed by atoms with van der Waals surface area (Å²) in [5, 5.41) is 5.17. The van der Waals surface area contributed by atoms with Crippen molar-refractivity contribution in [2.45, 2.75) is 26.2 Å². The highest BCUT2D eigenvalue weighted by Crippen LogP contribution is 2.28. The number of benzene rings is 1. The minimum Gasteiger partial charge on any atom is -0.461 e. The van der Waals surface area contributed by atoms with Crippen molar-refractivity contribution < 1.29 is 4.42 Å². The topological polar surface area (TPSA) is 25.2 Å². The van der Waals surface area contributed by atoms with Crippen LogP contribution in [0.4, 0.5) is 0 Å². The molecule has 17 heavy (non-hydrogen) atoms. The fourth-order valence-electron chi connectivity index (χ4n) is 1.92. The standard InChI is InChI=1S/C14H18ClNO/c1-3-16-7-6-10(2)14-9-11-8-12(15)4-5-13(11)17-14/h4-5,8-10,16H,3,6-7H2,1-2H3. The van der Waals surface area contributed by atoms with Crippen LogP contribution in [0.3, 0.4) is 0 Å². The van der Waals surface area contributed by atoms with Gasteiger partial charge in [0, 0.05) is 16.3 Å². The Kier molecular flexibility index (Phi) is 4.08. The average molecular weight is 252 g/mol. The summed E-state index contributed by atoms with van der Waals surface area (Å²) in [6, 6.07) is 7.83. The van der Waals surface area contributed by atoms with E-state index in [4.69, 9.17) is 16.0 Å². The van der Waals surface area contributed by atoms with Crippen molar-refractivity contribution in [2.75, 3.05) is 13.1 Å². The molecular weight excluding hydrogens is 234 g/mol. The maximum Gasteiger partial charge on any atom is 0.134 e. The maximum atomic E-state index is 5.96. The van der Waals surface area contributed by atoms with Crippen LogP contribution in [-0.4, -0.2) is 13.1 Å². The molecule has 0 bridgehead atoms. The van der Waals surface area contributed by atoms with Crippen molar-refractivity contribution in [3.63, 3.8) is 0 Å². The smallest absolute Gasteiger partial charge is 0.134 e. The first-order valence-electron chi connectivity index (χ1n) is 6.10. The lowest BCUT2D eigenvalue weighted by atomic mass is 10.0. The predicted molar refractivity (Wildman–Crippen MR) is 72.8 cm³/mol. The molecule has 1 N–H and O–H groups in total. The van der Waals surface area contributed by atoms with Gasteiger partial charge >= 0.3 is 0 Å². The van der Waals surface area contributed by atoms with Gasteiger partial charge in [-0.25, -0.2) is 0 Å². The fourth-order valence-corrected chi connectivity index (χ4v) is 2.10. The van der Waals surface area contributed by atoms with E-state index in [1.165, 1.54) is 0 Å². The lowest BCUT2D eigenvalue weighted by Crippen LogP contribution is -2.15. The molecule has 1 aromatic heterocycles. The molecule has 0 saturated heterocycles. The molecule has 3 heteroatoms. The van der Waals surface area contributed by atoms with Crippen LogP contribution in [0.5, 0.6) is 0 Å². The minimum atomic E-state index is 0.431. The second kappa shape index (κ2) is 5.56. The summed E-state index contributed by atoms with van der Waals surface area (Å²) >= 11 is 5.96. The molecule has 0 fully saturated rings. The molecule has 2 nitrogen and oxygen atoms in total. The van der Waals surface area contributed by atoms with Crippen LogP contribution < -0.4 is 5.32 Å². The summed E-state index contributed by atoms with van der Waals surface area (Å²) in [7, 11) is 0. The van der Waals surface area contributed by atoms with Crippen molar-refractivity contribution in [3.8, 4) is 0 Å². The normalized spacial score (nSPS) is 13.1. The van der Waals surface area contributed by atoms with E-state index in [1.807, 2.05) is 18.2 Å². The third-order valence-electron chi connectivity index (χ3n) is 2.99. The second-order valence-corrected chi connectivity index (χ2v) is 4.81. The van der Waals surface area contributed by atoms with Gasteiger partial charge in [-0.05, 0) is 43.8 Å². The van der Waals surface area contributed by atoms with Crippen LogP contribution >= 0.6 is 11.6 Å². The van der Waals surface area contributed by atoms with Gasteiger partial charge in [0.15, 0.2) is 0 Å². The first kappa shape index (κ1) is 12.5. The molecule has 0 amide bonds. The van der Waals surface area contributed by atoms with Gasteiger partial charge < -0.3 is 9.73 Å². The molecule has 0 radical (unpaired) electrons. The molecule has 0 aliphatic carbocycles. The van der Waals surface area contributed by atoms with Gasteiger partial charge in [-0.3, -0.25) is 0 Å². The molecule has 1 atom stereocenters. The van der Waals surface area contributed by atoms with E-state index < -0.39 is 0 Å². The summed E-state index contributed by atoms with van der Waals surface area (Å²) in [5.41, 5.74) is 0.916. The van der Waals surface area contributed by atoms with E-state index in [0.29, 0.717) is 5.92 Å². The number of furan rings is 1. The SMILES string of the molecule is CCNCCC(C)c1cc2cc(Cl)ccc2o1. The number of fused-ring (bicyclic) bond motifs is 1. The fraction of sp³-hybridized carbons (Fsp3) is 0.429. The lowest BCUT2D eigenvalue weighted by molar-refractivity contribution is 0.480. The molecule has 0 aliphatic heterocycles. The number of rotatable bonds is 5. The third kappa shape index (κ3) is 3.02. The summed E-state index contributed by atoms with van der Waals surface area (Å²) in [5.74, 6) is 1.47. The Bertz CT molecular complexity index is 492. The van der Waals surface area contributed by atoms with Gasteiger partial charge in [0.25, 0.3) is 0 Å². The average Bonchev–Trinajstić information content (AvgIpc) is 2.72. The maximum absolute atomic E-state index is 5.96. The number of halogens is 1. The van der Waals surface area contributed by atoms with Crippen molar-refractivity contribution in [1.29, 1.82) is 0 Å². The summed E-state index contributed by atoms with van der Waals surface area (Å²) in [6.07, 6.45) is 1.08. The molecule has 0 aliphatic rings. The summed E-state index contributed by atoms with van der Waals surface area (Å²) in [6.45, 7) is 6.35. The molecule has 0 spiro atoms. The van der Waals surface area contributed by atoms with E-state index >= 15 is 0 Å². The highest BCUT2D eigenvalue weighted by molar-refractivity contribution is 6.31. The highest BCUT2D eigenvalue weighted by Gasteiger charge is 2.11. The Hall–Kier alpha value is -0.990. The quantitative estimate of drug-likeness (QED) is 0.806. The van der Waals surface area contributed by atoms with Crippen LogP contribution in [0, 0.1) is 0 Å². The van der Waals surface area contributed by atoms with Crippen molar-refractivity contribution in [2.24, 2.45) is 0 Å². The highest BCUT2D eigenvalue weighted by atomic mass is 35.5. The van der Waals surface area contributed by atoms with Crippen LogP contribution in [0.15, 0.2) is 28.7 Å².